The Morgan fingerprint density at radius 3 is 2.55 bits per heavy atom. The Kier molecular flexibility index (Phi) is 2.83. The molecule has 2 saturated carbocycles. The number of hydrogen-bond donors (Lipinski definition) is 0. The molecule has 0 N–H and O–H groups in total. The molecule has 2 fully saturated rings. The number of carbonyl (C=O) groups excluding carboxylic acids is 1. The molecular weight excluding hydrogens is 246 g/mol. The lowest BCUT2D eigenvalue weighted by molar-refractivity contribution is -0.124. The first-order chi connectivity index (χ1) is 9.54. The van der Waals surface area contributed by atoms with Crippen LogP contribution in [0.4, 0.5) is 0 Å². The van der Waals surface area contributed by atoms with Crippen LogP contribution in [0.3, 0.4) is 0 Å². The molecule has 0 radical (unpaired) electrons. The molecule has 2 aliphatic carbocycles. The van der Waals surface area contributed by atoms with E-state index >= 15 is 0 Å². The third-order valence-electron chi connectivity index (χ3n) is 5.04. The number of benzene rings is 1. The van der Waals surface area contributed by atoms with Gasteiger partial charge in [0.2, 0.25) is 0 Å². The van der Waals surface area contributed by atoms with Crippen LogP contribution >= 0.6 is 0 Å². The summed E-state index contributed by atoms with van der Waals surface area (Å²) in [4.78, 5) is 12.1. The van der Waals surface area contributed by atoms with Gasteiger partial charge in [-0.3, -0.25) is 4.79 Å². The normalized spacial score (nSPS) is 34.1. The van der Waals surface area contributed by atoms with Gasteiger partial charge in [-0.15, -0.1) is 0 Å². The maximum Gasteiger partial charge on any atom is 0.154 e. The Morgan fingerprint density at radius 2 is 2.00 bits per heavy atom. The van der Waals surface area contributed by atoms with Crippen molar-refractivity contribution in [3.8, 4) is 6.07 Å². The predicted molar refractivity (Wildman–Crippen MR) is 78.7 cm³/mol. The zero-order valence-corrected chi connectivity index (χ0v) is 12.1. The zero-order chi connectivity index (χ0) is 14.4. The van der Waals surface area contributed by atoms with E-state index in [4.69, 9.17) is 0 Å². The molecule has 0 spiro atoms. The quantitative estimate of drug-likeness (QED) is 0.806. The van der Waals surface area contributed by atoms with Crippen molar-refractivity contribution in [1.82, 2.24) is 0 Å². The van der Waals surface area contributed by atoms with E-state index in [0.717, 1.165) is 6.42 Å². The summed E-state index contributed by atoms with van der Waals surface area (Å²) in [5.74, 6) is 0.148. The number of allylic oxidation sites excluding steroid dienone is 2. The van der Waals surface area contributed by atoms with E-state index in [9.17, 15) is 10.1 Å². The van der Waals surface area contributed by atoms with Crippen LogP contribution in [-0.4, -0.2) is 5.78 Å². The highest BCUT2D eigenvalue weighted by Gasteiger charge is 2.61. The molecule has 2 aliphatic rings. The van der Waals surface area contributed by atoms with Gasteiger partial charge in [-0.2, -0.15) is 5.26 Å². The molecule has 2 heteroatoms. The van der Waals surface area contributed by atoms with Crippen molar-refractivity contribution < 1.29 is 4.79 Å². The van der Waals surface area contributed by atoms with Gasteiger partial charge in [-0.05, 0) is 35.8 Å². The minimum Gasteiger partial charge on any atom is -0.298 e. The molecule has 0 aliphatic heterocycles. The fourth-order valence-corrected chi connectivity index (χ4v) is 4.08. The van der Waals surface area contributed by atoms with Gasteiger partial charge in [0.1, 0.15) is 5.41 Å². The molecule has 0 unspecified atom stereocenters. The average molecular weight is 265 g/mol. The van der Waals surface area contributed by atoms with Crippen molar-refractivity contribution in [2.45, 2.75) is 39.5 Å². The Bertz CT molecular complexity index is 637. The van der Waals surface area contributed by atoms with Crippen molar-refractivity contribution >= 4 is 11.4 Å². The van der Waals surface area contributed by atoms with Gasteiger partial charge in [0.15, 0.2) is 5.78 Å². The summed E-state index contributed by atoms with van der Waals surface area (Å²) >= 11 is 0. The molecule has 20 heavy (non-hydrogen) atoms. The second-order valence-electron chi connectivity index (χ2n) is 6.38. The Hall–Kier alpha value is -1.88. The van der Waals surface area contributed by atoms with E-state index in [2.05, 4.69) is 32.0 Å². The fourth-order valence-electron chi connectivity index (χ4n) is 4.08. The lowest BCUT2D eigenvalue weighted by atomic mass is 9.75. The second-order valence-corrected chi connectivity index (χ2v) is 6.38. The molecule has 0 saturated heterocycles. The molecule has 102 valence electrons. The van der Waals surface area contributed by atoms with Gasteiger partial charge in [-0.1, -0.05) is 49.8 Å². The van der Waals surface area contributed by atoms with Crippen LogP contribution in [0.2, 0.25) is 0 Å². The number of nitriles is 1. The minimum absolute atomic E-state index is 0.103. The van der Waals surface area contributed by atoms with Gasteiger partial charge in [0.25, 0.3) is 0 Å². The molecule has 2 bridgehead atoms. The van der Waals surface area contributed by atoms with E-state index in [-0.39, 0.29) is 11.2 Å². The molecule has 2 atom stereocenters. The van der Waals surface area contributed by atoms with E-state index in [1.54, 1.807) is 0 Å². The summed E-state index contributed by atoms with van der Waals surface area (Å²) in [5, 5.41) is 9.48. The van der Waals surface area contributed by atoms with Crippen molar-refractivity contribution in [2.75, 3.05) is 0 Å². The van der Waals surface area contributed by atoms with Crippen LogP contribution in [0.15, 0.2) is 35.9 Å². The van der Waals surface area contributed by atoms with Crippen LogP contribution in [0, 0.1) is 22.2 Å². The molecule has 0 heterocycles. The summed E-state index contributed by atoms with van der Waals surface area (Å²) in [6.07, 6.45) is 2.83. The molecule has 1 aromatic rings. The third-order valence-corrected chi connectivity index (χ3v) is 5.04. The standard InChI is InChI=1S/C18H19NO/c1-3-14(13-7-5-4-6-8-13)15-9-18(12-19)11-17(15,2)10-16(18)20/h4-8H,3,9-11H2,1-2H3/b15-14-/t17-,18-/m1/s1. The zero-order valence-electron chi connectivity index (χ0n) is 12.1. The lowest BCUT2D eigenvalue weighted by Crippen LogP contribution is -2.25. The summed E-state index contributed by atoms with van der Waals surface area (Å²) < 4.78 is 0. The number of ketones is 1. The SMILES string of the molecule is CC/C(=C1\C[C@]2(C#N)C[C@@]1(C)CC2=O)c1ccccc1. The van der Waals surface area contributed by atoms with Crippen molar-refractivity contribution in [2.24, 2.45) is 10.8 Å². The highest BCUT2D eigenvalue weighted by atomic mass is 16.1. The van der Waals surface area contributed by atoms with Crippen LogP contribution in [-0.2, 0) is 4.79 Å². The Labute approximate surface area is 120 Å². The van der Waals surface area contributed by atoms with Gasteiger partial charge >= 0.3 is 0 Å². The monoisotopic (exact) mass is 265 g/mol. The van der Waals surface area contributed by atoms with Crippen LogP contribution in [0.5, 0.6) is 0 Å². The first-order valence-corrected chi connectivity index (χ1v) is 7.27. The molecule has 3 rings (SSSR count). The van der Waals surface area contributed by atoms with Crippen LogP contribution in [0.25, 0.3) is 5.57 Å². The maximum absolute atomic E-state index is 12.1. The Balaban J connectivity index is 2.14. The number of carbonyl (C=O) groups is 1. The van der Waals surface area contributed by atoms with Crippen molar-refractivity contribution in [3.05, 3.63) is 41.5 Å². The van der Waals surface area contributed by atoms with Crippen LogP contribution in [0.1, 0.15) is 45.1 Å². The summed E-state index contributed by atoms with van der Waals surface area (Å²) in [6, 6.07) is 12.7. The highest BCUT2D eigenvalue weighted by molar-refractivity contribution is 5.94. The summed E-state index contributed by atoms with van der Waals surface area (Å²) in [6.45, 7) is 4.32. The molecule has 1 aromatic carbocycles. The molecular formula is C18H19NO. The second kappa shape index (κ2) is 4.31. The topological polar surface area (TPSA) is 40.9 Å². The maximum atomic E-state index is 12.1. The molecule has 0 amide bonds. The summed E-state index contributed by atoms with van der Waals surface area (Å²) in [5.41, 5.74) is 3.07. The number of hydrogen-bond acceptors (Lipinski definition) is 2. The lowest BCUT2D eigenvalue weighted by Gasteiger charge is -2.28. The Morgan fingerprint density at radius 1 is 1.30 bits per heavy atom. The van der Waals surface area contributed by atoms with Gasteiger partial charge in [-0.25, -0.2) is 0 Å². The smallest absolute Gasteiger partial charge is 0.154 e. The fraction of sp³-hybridized carbons (Fsp3) is 0.444. The molecule has 0 aromatic heterocycles. The van der Waals surface area contributed by atoms with E-state index in [1.807, 2.05) is 18.2 Å². The highest BCUT2D eigenvalue weighted by Crippen LogP contribution is 2.63. The third kappa shape index (κ3) is 1.66. The predicted octanol–water partition coefficient (Wildman–Crippen LogP) is 4.13. The van der Waals surface area contributed by atoms with Crippen molar-refractivity contribution in [1.29, 1.82) is 5.26 Å². The van der Waals surface area contributed by atoms with Gasteiger partial charge < -0.3 is 0 Å². The number of nitrogens with zero attached hydrogens (tertiary/aromatic N) is 1. The minimum atomic E-state index is -0.737. The number of rotatable bonds is 2. The van der Waals surface area contributed by atoms with E-state index in [0.29, 0.717) is 19.3 Å². The van der Waals surface area contributed by atoms with E-state index < -0.39 is 5.41 Å². The van der Waals surface area contributed by atoms with Crippen LogP contribution < -0.4 is 0 Å². The first-order valence-electron chi connectivity index (χ1n) is 7.27. The van der Waals surface area contributed by atoms with Gasteiger partial charge in [0.05, 0.1) is 6.07 Å². The average Bonchev–Trinajstić information content (AvgIpc) is 2.89. The van der Waals surface area contributed by atoms with Gasteiger partial charge in [0, 0.05) is 6.42 Å². The van der Waals surface area contributed by atoms with E-state index in [1.165, 1.54) is 16.7 Å². The molecule has 2 nitrogen and oxygen atoms in total. The summed E-state index contributed by atoms with van der Waals surface area (Å²) in [7, 11) is 0. The number of fused-ring (bicyclic) bond motifs is 2. The number of Topliss-reactive ketones (excluding diaryl/α,β-unsaturated/α-hetero) is 1. The first kappa shape index (κ1) is 13.1. The largest absolute Gasteiger partial charge is 0.298 e. The van der Waals surface area contributed by atoms with Crippen molar-refractivity contribution in [3.63, 3.8) is 0 Å².